The van der Waals surface area contributed by atoms with E-state index < -0.39 is 11.8 Å². The molecule has 1 aromatic heterocycles. The number of carbonyl (C=O) groups excluding carboxylic acids is 2. The van der Waals surface area contributed by atoms with Gasteiger partial charge in [-0.15, -0.1) is 0 Å². The summed E-state index contributed by atoms with van der Waals surface area (Å²) in [6.45, 7) is -0.254. The zero-order valence-corrected chi connectivity index (χ0v) is 19.6. The van der Waals surface area contributed by atoms with Crippen molar-refractivity contribution < 1.29 is 14.3 Å². The fraction of sp³-hybridized carbons (Fsp3) is 0.0769. The van der Waals surface area contributed by atoms with Crippen molar-refractivity contribution in [3.63, 3.8) is 0 Å². The van der Waals surface area contributed by atoms with Crippen molar-refractivity contribution in [2.75, 3.05) is 13.7 Å². The zero-order chi connectivity index (χ0) is 24.6. The summed E-state index contributed by atoms with van der Waals surface area (Å²) in [6.07, 6.45) is 3.34. The summed E-state index contributed by atoms with van der Waals surface area (Å²) in [5.41, 5.74) is 5.84. The first-order valence-electron chi connectivity index (χ1n) is 10.7. The molecule has 9 heteroatoms. The van der Waals surface area contributed by atoms with E-state index in [1.807, 2.05) is 60.8 Å². The number of rotatable bonds is 8. The molecule has 0 aliphatic heterocycles. The summed E-state index contributed by atoms with van der Waals surface area (Å²) in [4.78, 5) is 24.4. The van der Waals surface area contributed by atoms with Crippen LogP contribution < -0.4 is 15.5 Å². The summed E-state index contributed by atoms with van der Waals surface area (Å²) in [5, 5.41) is 11.6. The molecule has 0 saturated carbocycles. The van der Waals surface area contributed by atoms with Crippen molar-refractivity contribution in [2.45, 2.75) is 0 Å². The molecule has 176 valence electrons. The Bertz CT molecular complexity index is 1350. The van der Waals surface area contributed by atoms with Crippen molar-refractivity contribution in [1.29, 1.82) is 0 Å². The van der Waals surface area contributed by atoms with Gasteiger partial charge in [0.25, 0.3) is 11.8 Å². The highest BCUT2D eigenvalue weighted by Crippen LogP contribution is 2.25. The van der Waals surface area contributed by atoms with E-state index >= 15 is 0 Å². The average Bonchev–Trinajstić information content (AvgIpc) is 3.32. The number of carbonyl (C=O) groups is 2. The Morgan fingerprint density at radius 2 is 1.74 bits per heavy atom. The first-order valence-corrected chi connectivity index (χ1v) is 11.1. The highest BCUT2D eigenvalue weighted by Gasteiger charge is 2.13. The number of hydrogen-bond acceptors (Lipinski definition) is 5. The molecular weight excluding hydrogens is 466 g/mol. The van der Waals surface area contributed by atoms with Gasteiger partial charge in [-0.25, -0.2) is 10.1 Å². The fourth-order valence-electron chi connectivity index (χ4n) is 3.28. The Morgan fingerprint density at radius 3 is 2.46 bits per heavy atom. The summed E-state index contributed by atoms with van der Waals surface area (Å²) in [6, 6.07) is 23.8. The van der Waals surface area contributed by atoms with Gasteiger partial charge in [-0.05, 0) is 48.5 Å². The molecule has 4 rings (SSSR count). The molecule has 0 atom stereocenters. The quantitative estimate of drug-likeness (QED) is 0.289. The number of amides is 2. The minimum atomic E-state index is -0.483. The lowest BCUT2D eigenvalue weighted by Gasteiger charge is -2.05. The summed E-state index contributed by atoms with van der Waals surface area (Å²) in [7, 11) is 1.61. The van der Waals surface area contributed by atoms with Crippen LogP contribution in [0, 0.1) is 0 Å². The van der Waals surface area contributed by atoms with Gasteiger partial charge in [0.1, 0.15) is 11.4 Å². The lowest BCUT2D eigenvalue weighted by atomic mass is 10.1. The van der Waals surface area contributed by atoms with Crippen molar-refractivity contribution >= 4 is 29.6 Å². The average molecular weight is 488 g/mol. The van der Waals surface area contributed by atoms with Crippen LogP contribution in [0.5, 0.6) is 5.75 Å². The normalized spacial score (nSPS) is 10.8. The van der Waals surface area contributed by atoms with E-state index in [0.29, 0.717) is 21.8 Å². The number of ether oxygens (including phenoxy) is 1. The molecule has 8 nitrogen and oxygen atoms in total. The smallest absolute Gasteiger partial charge is 0.259 e. The summed E-state index contributed by atoms with van der Waals surface area (Å²) >= 11 is 6.01. The van der Waals surface area contributed by atoms with Gasteiger partial charge in [-0.2, -0.15) is 10.2 Å². The minimum absolute atomic E-state index is 0.254. The van der Waals surface area contributed by atoms with Gasteiger partial charge in [-0.3, -0.25) is 9.59 Å². The summed E-state index contributed by atoms with van der Waals surface area (Å²) < 4.78 is 6.98. The first-order chi connectivity index (χ1) is 17.0. The van der Waals surface area contributed by atoms with Crippen LogP contribution in [-0.2, 0) is 4.79 Å². The van der Waals surface area contributed by atoms with E-state index in [-0.39, 0.29) is 6.54 Å². The number of nitrogens with one attached hydrogen (secondary N) is 2. The van der Waals surface area contributed by atoms with Crippen LogP contribution in [0.25, 0.3) is 16.9 Å². The predicted octanol–water partition coefficient (Wildman–Crippen LogP) is 4.08. The molecule has 0 unspecified atom stereocenters. The third-order valence-corrected chi connectivity index (χ3v) is 5.38. The third-order valence-electron chi connectivity index (χ3n) is 5.05. The maximum atomic E-state index is 12.2. The van der Waals surface area contributed by atoms with Crippen molar-refractivity contribution in [3.05, 3.63) is 101 Å². The highest BCUT2D eigenvalue weighted by molar-refractivity contribution is 6.33. The molecule has 0 aliphatic rings. The van der Waals surface area contributed by atoms with E-state index in [1.54, 1.807) is 36.1 Å². The molecular formula is C26H22ClN5O3. The maximum absolute atomic E-state index is 12.2. The Morgan fingerprint density at radius 1 is 1.03 bits per heavy atom. The number of aromatic nitrogens is 2. The molecule has 3 aromatic carbocycles. The molecule has 0 radical (unpaired) electrons. The second-order valence-electron chi connectivity index (χ2n) is 7.40. The Kier molecular flexibility index (Phi) is 7.54. The second-order valence-corrected chi connectivity index (χ2v) is 7.80. The van der Waals surface area contributed by atoms with Crippen LogP contribution in [0.4, 0.5) is 0 Å². The Hall–Kier alpha value is -4.43. The molecule has 4 aromatic rings. The molecule has 0 saturated heterocycles. The van der Waals surface area contributed by atoms with Gasteiger partial charge in [0, 0.05) is 17.3 Å². The highest BCUT2D eigenvalue weighted by atomic mass is 35.5. The molecule has 0 aliphatic carbocycles. The van der Waals surface area contributed by atoms with Crippen LogP contribution in [-0.4, -0.2) is 41.5 Å². The molecule has 2 N–H and O–H groups in total. The second kappa shape index (κ2) is 11.1. The fourth-order valence-corrected chi connectivity index (χ4v) is 3.50. The van der Waals surface area contributed by atoms with Gasteiger partial charge in [0.05, 0.1) is 36.1 Å². The third kappa shape index (κ3) is 5.93. The zero-order valence-electron chi connectivity index (χ0n) is 18.8. The number of hydrogen-bond donors (Lipinski definition) is 2. The standard InChI is InChI=1S/C26H22ClN5O3/c1-35-21-13-11-18(12-14-21)25-19(17-32(31-25)20-7-3-2-4-8-20)15-29-30-24(33)16-28-26(34)22-9-5-6-10-23(22)27/h2-15,17H,16H2,1H3,(H,28,34)(H,30,33)/b29-15-. The topological polar surface area (TPSA) is 97.6 Å². The number of halogens is 1. The molecule has 35 heavy (non-hydrogen) atoms. The summed E-state index contributed by atoms with van der Waals surface area (Å²) in [5.74, 6) is -0.193. The molecule has 1 heterocycles. The number of para-hydroxylation sites is 1. The van der Waals surface area contributed by atoms with Gasteiger partial charge >= 0.3 is 0 Å². The van der Waals surface area contributed by atoms with Crippen molar-refractivity contribution in [3.8, 4) is 22.7 Å². The van der Waals surface area contributed by atoms with E-state index in [2.05, 4.69) is 15.8 Å². The lowest BCUT2D eigenvalue weighted by Crippen LogP contribution is -2.35. The SMILES string of the molecule is COc1ccc(-c2nn(-c3ccccc3)cc2/C=N\NC(=O)CNC(=O)c2ccccc2Cl)cc1. The number of methoxy groups -OCH3 is 1. The van der Waals surface area contributed by atoms with Crippen LogP contribution >= 0.6 is 11.6 Å². The van der Waals surface area contributed by atoms with Crippen LogP contribution in [0.3, 0.4) is 0 Å². The van der Waals surface area contributed by atoms with Crippen LogP contribution in [0.15, 0.2) is 90.2 Å². The lowest BCUT2D eigenvalue weighted by molar-refractivity contribution is -0.120. The predicted molar refractivity (Wildman–Crippen MR) is 135 cm³/mol. The van der Waals surface area contributed by atoms with E-state index in [9.17, 15) is 9.59 Å². The van der Waals surface area contributed by atoms with Crippen LogP contribution in [0.2, 0.25) is 5.02 Å². The molecule has 0 spiro atoms. The van der Waals surface area contributed by atoms with Gasteiger partial charge < -0.3 is 10.1 Å². The van der Waals surface area contributed by atoms with E-state index in [0.717, 1.165) is 17.0 Å². The number of benzene rings is 3. The number of nitrogens with zero attached hydrogens (tertiary/aromatic N) is 3. The Labute approximate surface area is 207 Å². The molecule has 0 bridgehead atoms. The molecule has 0 fully saturated rings. The number of hydrazone groups is 1. The van der Waals surface area contributed by atoms with E-state index in [1.165, 1.54) is 6.21 Å². The largest absolute Gasteiger partial charge is 0.497 e. The van der Waals surface area contributed by atoms with E-state index in [4.69, 9.17) is 21.4 Å². The van der Waals surface area contributed by atoms with Crippen molar-refractivity contribution in [2.24, 2.45) is 5.10 Å². The van der Waals surface area contributed by atoms with Crippen LogP contribution in [0.1, 0.15) is 15.9 Å². The first kappa shape index (κ1) is 23.7. The van der Waals surface area contributed by atoms with Gasteiger partial charge in [0.15, 0.2) is 0 Å². The molecule has 2 amide bonds. The Balaban J connectivity index is 1.47. The van der Waals surface area contributed by atoms with Gasteiger partial charge in [-0.1, -0.05) is 41.9 Å². The monoisotopic (exact) mass is 487 g/mol. The minimum Gasteiger partial charge on any atom is -0.497 e. The van der Waals surface area contributed by atoms with Gasteiger partial charge in [0.2, 0.25) is 0 Å². The van der Waals surface area contributed by atoms with Crippen molar-refractivity contribution in [1.82, 2.24) is 20.5 Å². The maximum Gasteiger partial charge on any atom is 0.259 e.